The molecule has 1 unspecified atom stereocenters. The predicted molar refractivity (Wildman–Crippen MR) is 111 cm³/mol. The van der Waals surface area contributed by atoms with Gasteiger partial charge in [0.1, 0.15) is 23.3 Å². The van der Waals surface area contributed by atoms with Crippen LogP contribution in [0.5, 0.6) is 0 Å². The fourth-order valence-electron chi connectivity index (χ4n) is 3.21. The van der Waals surface area contributed by atoms with Crippen LogP contribution in [-0.4, -0.2) is 35.8 Å². The van der Waals surface area contributed by atoms with E-state index in [0.29, 0.717) is 16.3 Å². The van der Waals surface area contributed by atoms with Gasteiger partial charge in [0.25, 0.3) is 0 Å². The number of furan rings is 1. The SMILES string of the molecule is CCOC(=O)C1=C(COC(=O)c2sccc2-n2cccc2)NC(=O)NC1c1ccco1. The van der Waals surface area contributed by atoms with Crippen molar-refractivity contribution in [3.8, 4) is 5.69 Å². The first kappa shape index (κ1) is 20.5. The Bertz CT molecular complexity index is 1110. The lowest BCUT2D eigenvalue weighted by atomic mass is 10.0. The van der Waals surface area contributed by atoms with Gasteiger partial charge in [0.05, 0.1) is 29.8 Å². The zero-order valence-corrected chi connectivity index (χ0v) is 17.3. The summed E-state index contributed by atoms with van der Waals surface area (Å²) in [5.74, 6) is -0.863. The van der Waals surface area contributed by atoms with Crippen LogP contribution in [0.4, 0.5) is 4.79 Å². The second-order valence-corrected chi connectivity index (χ2v) is 7.38. The molecule has 1 aliphatic heterocycles. The van der Waals surface area contributed by atoms with Crippen molar-refractivity contribution in [2.24, 2.45) is 0 Å². The number of esters is 2. The van der Waals surface area contributed by atoms with E-state index in [4.69, 9.17) is 13.9 Å². The number of ether oxygens (including phenoxy) is 2. The Morgan fingerprint density at radius 1 is 1.16 bits per heavy atom. The lowest BCUT2D eigenvalue weighted by Gasteiger charge is -2.27. The van der Waals surface area contributed by atoms with Crippen LogP contribution in [-0.2, 0) is 14.3 Å². The van der Waals surface area contributed by atoms with Crippen molar-refractivity contribution < 1.29 is 28.3 Å². The summed E-state index contributed by atoms with van der Waals surface area (Å²) in [6.07, 6.45) is 5.08. The van der Waals surface area contributed by atoms with Crippen molar-refractivity contribution in [3.63, 3.8) is 0 Å². The normalized spacial score (nSPS) is 15.9. The average Bonchev–Trinajstić information content (AvgIpc) is 3.53. The largest absolute Gasteiger partial charge is 0.467 e. The molecule has 0 bridgehead atoms. The summed E-state index contributed by atoms with van der Waals surface area (Å²) in [6.45, 7) is 1.50. The molecule has 1 atom stereocenters. The van der Waals surface area contributed by atoms with E-state index < -0.39 is 24.0 Å². The summed E-state index contributed by atoms with van der Waals surface area (Å²) in [7, 11) is 0. The summed E-state index contributed by atoms with van der Waals surface area (Å²) < 4.78 is 17.8. The Hall–Kier alpha value is -3.79. The van der Waals surface area contributed by atoms with Crippen LogP contribution in [0.1, 0.15) is 28.4 Å². The number of hydrogen-bond acceptors (Lipinski definition) is 7. The van der Waals surface area contributed by atoms with E-state index >= 15 is 0 Å². The summed E-state index contributed by atoms with van der Waals surface area (Å²) in [5.41, 5.74) is 0.930. The zero-order valence-electron chi connectivity index (χ0n) is 16.5. The molecule has 31 heavy (non-hydrogen) atoms. The van der Waals surface area contributed by atoms with Crippen LogP contribution in [0.2, 0.25) is 0 Å². The van der Waals surface area contributed by atoms with E-state index in [0.717, 1.165) is 0 Å². The Balaban J connectivity index is 1.61. The van der Waals surface area contributed by atoms with E-state index in [-0.39, 0.29) is 24.5 Å². The minimum Gasteiger partial charge on any atom is -0.467 e. The molecule has 0 spiro atoms. The topological polar surface area (TPSA) is 112 Å². The quantitative estimate of drug-likeness (QED) is 0.545. The molecule has 0 fully saturated rings. The molecule has 160 valence electrons. The van der Waals surface area contributed by atoms with Gasteiger partial charge in [-0.25, -0.2) is 14.4 Å². The average molecular weight is 441 g/mol. The summed E-state index contributed by atoms with van der Waals surface area (Å²) in [5, 5.41) is 6.97. The van der Waals surface area contributed by atoms with Gasteiger partial charge in [-0.05, 0) is 42.6 Å². The third-order valence-electron chi connectivity index (χ3n) is 4.54. The van der Waals surface area contributed by atoms with Crippen molar-refractivity contribution in [1.82, 2.24) is 15.2 Å². The van der Waals surface area contributed by atoms with E-state index in [9.17, 15) is 14.4 Å². The first-order valence-corrected chi connectivity index (χ1v) is 10.4. The molecule has 10 heteroatoms. The molecule has 3 aromatic heterocycles. The first-order chi connectivity index (χ1) is 15.1. The molecule has 2 amide bonds. The number of amides is 2. The van der Waals surface area contributed by atoms with E-state index in [2.05, 4.69) is 10.6 Å². The standard InChI is InChI=1S/C21H19N3O6S/c1-2-28-19(25)16-13(22-21(27)23-17(16)15-6-5-10-29-15)12-30-20(26)18-14(7-11-31-18)24-8-3-4-9-24/h3-11,17H,2,12H2,1H3,(H2,22,23,27). The van der Waals surface area contributed by atoms with Gasteiger partial charge in [-0.2, -0.15) is 0 Å². The third kappa shape index (κ3) is 4.24. The molecule has 0 saturated heterocycles. The second-order valence-electron chi connectivity index (χ2n) is 6.46. The maximum atomic E-state index is 12.7. The van der Waals surface area contributed by atoms with Crippen molar-refractivity contribution in [1.29, 1.82) is 0 Å². The van der Waals surface area contributed by atoms with Crippen LogP contribution in [0, 0.1) is 0 Å². The van der Waals surface area contributed by atoms with Gasteiger partial charge in [-0.15, -0.1) is 11.3 Å². The van der Waals surface area contributed by atoms with Gasteiger partial charge >= 0.3 is 18.0 Å². The highest BCUT2D eigenvalue weighted by molar-refractivity contribution is 7.12. The molecule has 4 rings (SSSR count). The summed E-state index contributed by atoms with van der Waals surface area (Å²) >= 11 is 1.24. The number of rotatable bonds is 7. The smallest absolute Gasteiger partial charge is 0.350 e. The molecule has 2 N–H and O–H groups in total. The molecular formula is C21H19N3O6S. The maximum Gasteiger partial charge on any atom is 0.350 e. The maximum absolute atomic E-state index is 12.7. The Kier molecular flexibility index (Phi) is 5.89. The predicted octanol–water partition coefficient (Wildman–Crippen LogP) is 3.16. The number of carbonyl (C=O) groups excluding carboxylic acids is 3. The summed E-state index contributed by atoms with van der Waals surface area (Å²) in [4.78, 5) is 38.0. The number of hydrogen-bond donors (Lipinski definition) is 2. The minimum absolute atomic E-state index is 0.112. The Labute approximate surface area is 181 Å². The van der Waals surface area contributed by atoms with Crippen LogP contribution >= 0.6 is 11.3 Å². The number of urea groups is 1. The lowest BCUT2D eigenvalue weighted by molar-refractivity contribution is -0.139. The fourth-order valence-corrected chi connectivity index (χ4v) is 3.99. The van der Waals surface area contributed by atoms with Gasteiger partial charge in [-0.3, -0.25) is 0 Å². The van der Waals surface area contributed by atoms with Crippen LogP contribution in [0.3, 0.4) is 0 Å². The fraction of sp³-hybridized carbons (Fsp3) is 0.190. The van der Waals surface area contributed by atoms with Crippen LogP contribution < -0.4 is 10.6 Å². The van der Waals surface area contributed by atoms with Gasteiger partial charge < -0.3 is 29.1 Å². The highest BCUT2D eigenvalue weighted by Gasteiger charge is 2.36. The van der Waals surface area contributed by atoms with Crippen molar-refractivity contribution in [2.75, 3.05) is 13.2 Å². The number of thiophene rings is 1. The molecule has 4 heterocycles. The van der Waals surface area contributed by atoms with Gasteiger partial charge in [-0.1, -0.05) is 0 Å². The van der Waals surface area contributed by atoms with Crippen molar-refractivity contribution in [2.45, 2.75) is 13.0 Å². The Morgan fingerprint density at radius 3 is 2.68 bits per heavy atom. The first-order valence-electron chi connectivity index (χ1n) is 9.47. The van der Waals surface area contributed by atoms with E-state index in [1.165, 1.54) is 17.6 Å². The number of carbonyl (C=O) groups is 3. The monoisotopic (exact) mass is 441 g/mol. The highest BCUT2D eigenvalue weighted by atomic mass is 32.1. The molecule has 0 saturated carbocycles. The van der Waals surface area contributed by atoms with E-state index in [1.54, 1.807) is 29.0 Å². The molecule has 0 aliphatic carbocycles. The number of aromatic nitrogens is 1. The minimum atomic E-state index is -0.867. The molecule has 0 aromatic carbocycles. The third-order valence-corrected chi connectivity index (χ3v) is 5.42. The number of nitrogens with zero attached hydrogens (tertiary/aromatic N) is 1. The second kappa shape index (κ2) is 8.92. The molecule has 9 nitrogen and oxygen atoms in total. The van der Waals surface area contributed by atoms with Crippen molar-refractivity contribution >= 4 is 29.3 Å². The molecule has 0 radical (unpaired) electrons. The highest BCUT2D eigenvalue weighted by Crippen LogP contribution is 2.29. The number of nitrogens with one attached hydrogen (secondary N) is 2. The molecule has 1 aliphatic rings. The molecule has 3 aromatic rings. The van der Waals surface area contributed by atoms with Gasteiger partial charge in [0.15, 0.2) is 0 Å². The zero-order chi connectivity index (χ0) is 21.8. The van der Waals surface area contributed by atoms with Crippen LogP contribution in [0.25, 0.3) is 5.69 Å². The lowest BCUT2D eigenvalue weighted by Crippen LogP contribution is -2.47. The van der Waals surface area contributed by atoms with Gasteiger partial charge in [0, 0.05) is 12.4 Å². The van der Waals surface area contributed by atoms with Crippen LogP contribution in [0.15, 0.2) is 70.1 Å². The summed E-state index contributed by atoms with van der Waals surface area (Å²) in [6, 6.07) is 7.37. The van der Waals surface area contributed by atoms with E-state index in [1.807, 2.05) is 30.6 Å². The van der Waals surface area contributed by atoms with Crippen molar-refractivity contribution in [3.05, 3.63) is 76.3 Å². The Morgan fingerprint density at radius 2 is 1.97 bits per heavy atom. The van der Waals surface area contributed by atoms with Gasteiger partial charge in [0.2, 0.25) is 0 Å². The molecular weight excluding hydrogens is 422 g/mol.